The zero-order chi connectivity index (χ0) is 20.5. The van der Waals surface area contributed by atoms with Crippen molar-refractivity contribution in [3.05, 3.63) is 84.5 Å². The van der Waals surface area contributed by atoms with Gasteiger partial charge in [-0.15, -0.1) is 6.58 Å². The van der Waals surface area contributed by atoms with Gasteiger partial charge in [0.15, 0.2) is 5.78 Å². The Morgan fingerprint density at radius 1 is 0.931 bits per heavy atom. The number of benzene rings is 2. The topological polar surface area (TPSA) is 17.1 Å². The fourth-order valence-corrected chi connectivity index (χ4v) is 4.27. The first-order valence-corrected chi connectivity index (χ1v) is 11.2. The van der Waals surface area contributed by atoms with Gasteiger partial charge in [-0.25, -0.2) is 0 Å². The van der Waals surface area contributed by atoms with Crippen LogP contribution in [-0.2, 0) is 0 Å². The van der Waals surface area contributed by atoms with Crippen LogP contribution in [0.2, 0.25) is 0 Å². The van der Waals surface area contributed by atoms with Crippen LogP contribution >= 0.6 is 0 Å². The average Bonchev–Trinajstić information content (AvgIpc) is 2.78. The SMILES string of the molecule is C=CCCC(=O)c1ccc(-c2ccc(C3CCC(C=CCCC)CC3)cc2)cc1. The molecule has 0 bridgehead atoms. The molecule has 0 amide bonds. The molecule has 1 aliphatic rings. The predicted octanol–water partition coefficient (Wildman–Crippen LogP) is 8.13. The zero-order valence-corrected chi connectivity index (χ0v) is 17.8. The minimum atomic E-state index is 0.187. The van der Waals surface area contributed by atoms with Crippen LogP contribution < -0.4 is 0 Å². The summed E-state index contributed by atoms with van der Waals surface area (Å²) in [6.45, 7) is 5.92. The van der Waals surface area contributed by atoms with Crippen molar-refractivity contribution in [1.82, 2.24) is 0 Å². The molecule has 0 aromatic heterocycles. The van der Waals surface area contributed by atoms with E-state index in [9.17, 15) is 4.79 Å². The summed E-state index contributed by atoms with van der Waals surface area (Å²) < 4.78 is 0. The molecule has 0 spiro atoms. The first kappa shape index (κ1) is 21.3. The summed E-state index contributed by atoms with van der Waals surface area (Å²) in [5.41, 5.74) is 4.65. The lowest BCUT2D eigenvalue weighted by molar-refractivity contribution is 0.0983. The summed E-state index contributed by atoms with van der Waals surface area (Å²) in [5.74, 6) is 1.67. The molecule has 0 unspecified atom stereocenters. The molecule has 2 aromatic carbocycles. The molecule has 2 aromatic rings. The van der Waals surface area contributed by atoms with Gasteiger partial charge in [0, 0.05) is 12.0 Å². The highest BCUT2D eigenvalue weighted by atomic mass is 16.1. The molecule has 0 aliphatic heterocycles. The number of unbranched alkanes of at least 4 members (excludes halogenated alkanes) is 1. The summed E-state index contributed by atoms with van der Waals surface area (Å²) in [7, 11) is 0. The van der Waals surface area contributed by atoms with E-state index in [1.807, 2.05) is 12.1 Å². The van der Waals surface area contributed by atoms with Crippen molar-refractivity contribution in [3.8, 4) is 11.1 Å². The molecule has 1 aliphatic carbocycles. The van der Waals surface area contributed by atoms with Gasteiger partial charge in [-0.2, -0.15) is 0 Å². The summed E-state index contributed by atoms with van der Waals surface area (Å²) in [6.07, 6.45) is 15.6. The second-order valence-corrected chi connectivity index (χ2v) is 8.28. The van der Waals surface area contributed by atoms with Crippen molar-refractivity contribution in [1.29, 1.82) is 0 Å². The third kappa shape index (κ3) is 6.03. The molecule has 1 saturated carbocycles. The Balaban J connectivity index is 1.58. The van der Waals surface area contributed by atoms with Crippen molar-refractivity contribution < 1.29 is 4.79 Å². The molecule has 1 heteroatoms. The largest absolute Gasteiger partial charge is 0.294 e. The van der Waals surface area contributed by atoms with Crippen LogP contribution in [0, 0.1) is 5.92 Å². The Morgan fingerprint density at radius 3 is 2.14 bits per heavy atom. The van der Waals surface area contributed by atoms with Crippen molar-refractivity contribution in [2.45, 2.75) is 64.2 Å². The first-order chi connectivity index (χ1) is 14.2. The molecular weight excluding hydrogens is 352 g/mol. The van der Waals surface area contributed by atoms with E-state index in [0.717, 1.165) is 17.9 Å². The highest BCUT2D eigenvalue weighted by Gasteiger charge is 2.20. The van der Waals surface area contributed by atoms with Crippen LogP contribution in [0.15, 0.2) is 73.3 Å². The highest BCUT2D eigenvalue weighted by Crippen LogP contribution is 2.37. The standard InChI is InChI=1S/C28H34O/c1-3-5-7-8-22-10-12-23(13-11-22)24-14-16-25(17-15-24)26-18-20-27(21-19-26)28(29)9-6-4-2/h4,7-8,14-23H,2-3,5-6,9-13H2,1H3. The second kappa shape index (κ2) is 11.0. The average molecular weight is 387 g/mol. The summed E-state index contributed by atoms with van der Waals surface area (Å²) in [6, 6.07) is 17.1. The molecule has 0 radical (unpaired) electrons. The minimum Gasteiger partial charge on any atom is -0.294 e. The van der Waals surface area contributed by atoms with E-state index in [1.165, 1.54) is 55.2 Å². The van der Waals surface area contributed by atoms with E-state index in [0.29, 0.717) is 12.3 Å². The van der Waals surface area contributed by atoms with Crippen LogP contribution in [0.3, 0.4) is 0 Å². The smallest absolute Gasteiger partial charge is 0.163 e. The van der Waals surface area contributed by atoms with E-state index < -0.39 is 0 Å². The lowest BCUT2D eigenvalue weighted by atomic mass is 9.78. The van der Waals surface area contributed by atoms with Crippen molar-refractivity contribution >= 4 is 5.78 Å². The van der Waals surface area contributed by atoms with Gasteiger partial charge in [-0.1, -0.05) is 80.1 Å². The number of ketones is 1. The van der Waals surface area contributed by atoms with E-state index in [2.05, 4.69) is 62.1 Å². The summed E-state index contributed by atoms with van der Waals surface area (Å²) >= 11 is 0. The highest BCUT2D eigenvalue weighted by molar-refractivity contribution is 5.96. The Kier molecular flexibility index (Phi) is 8.04. The maximum absolute atomic E-state index is 12.1. The molecule has 0 N–H and O–H groups in total. The summed E-state index contributed by atoms with van der Waals surface area (Å²) in [4.78, 5) is 12.1. The Morgan fingerprint density at radius 2 is 1.55 bits per heavy atom. The number of allylic oxidation sites excluding steroid dienone is 3. The van der Waals surface area contributed by atoms with Gasteiger partial charge in [-0.05, 0) is 67.1 Å². The van der Waals surface area contributed by atoms with Crippen molar-refractivity contribution in [2.75, 3.05) is 0 Å². The fraction of sp³-hybridized carbons (Fsp3) is 0.393. The van der Waals surface area contributed by atoms with Crippen LogP contribution in [0.4, 0.5) is 0 Å². The predicted molar refractivity (Wildman–Crippen MR) is 124 cm³/mol. The van der Waals surface area contributed by atoms with Crippen molar-refractivity contribution in [2.24, 2.45) is 5.92 Å². The van der Waals surface area contributed by atoms with Gasteiger partial charge in [0.05, 0.1) is 0 Å². The van der Waals surface area contributed by atoms with Gasteiger partial charge in [0.25, 0.3) is 0 Å². The van der Waals surface area contributed by atoms with Crippen LogP contribution in [0.5, 0.6) is 0 Å². The third-order valence-electron chi connectivity index (χ3n) is 6.13. The number of rotatable bonds is 9. The Labute approximate surface area is 176 Å². The van der Waals surface area contributed by atoms with Gasteiger partial charge in [-0.3, -0.25) is 4.79 Å². The van der Waals surface area contributed by atoms with Crippen LogP contribution in [0.1, 0.15) is 80.1 Å². The molecule has 0 saturated heterocycles. The van der Waals surface area contributed by atoms with Gasteiger partial charge >= 0.3 is 0 Å². The van der Waals surface area contributed by atoms with Gasteiger partial charge in [0.2, 0.25) is 0 Å². The molecule has 152 valence electrons. The van der Waals surface area contributed by atoms with E-state index in [1.54, 1.807) is 6.08 Å². The number of hydrogen-bond donors (Lipinski definition) is 0. The van der Waals surface area contributed by atoms with Gasteiger partial charge < -0.3 is 0 Å². The normalized spacial score (nSPS) is 19.3. The van der Waals surface area contributed by atoms with E-state index in [-0.39, 0.29) is 5.78 Å². The number of hydrogen-bond acceptors (Lipinski definition) is 1. The van der Waals surface area contributed by atoms with E-state index in [4.69, 9.17) is 0 Å². The quantitative estimate of drug-likeness (QED) is 0.314. The maximum atomic E-state index is 12.1. The monoisotopic (exact) mass is 386 g/mol. The van der Waals surface area contributed by atoms with Crippen LogP contribution in [0.25, 0.3) is 11.1 Å². The van der Waals surface area contributed by atoms with Gasteiger partial charge in [0.1, 0.15) is 0 Å². The lowest BCUT2D eigenvalue weighted by Crippen LogP contribution is -2.11. The lowest BCUT2D eigenvalue weighted by Gasteiger charge is -2.27. The number of carbonyl (C=O) groups excluding carboxylic acids is 1. The molecule has 1 fully saturated rings. The molecule has 3 rings (SSSR count). The molecule has 29 heavy (non-hydrogen) atoms. The Hall–Kier alpha value is -2.41. The van der Waals surface area contributed by atoms with E-state index >= 15 is 0 Å². The molecule has 0 heterocycles. The zero-order valence-electron chi connectivity index (χ0n) is 17.8. The Bertz CT molecular complexity index is 802. The molecule has 0 atom stereocenters. The van der Waals surface area contributed by atoms with Crippen LogP contribution in [-0.4, -0.2) is 5.78 Å². The number of Topliss-reactive ketones (excluding diaryl/α,β-unsaturated/α-hetero) is 1. The molecular formula is C28H34O. The second-order valence-electron chi connectivity index (χ2n) is 8.28. The summed E-state index contributed by atoms with van der Waals surface area (Å²) in [5, 5.41) is 0. The third-order valence-corrected chi connectivity index (χ3v) is 6.13. The van der Waals surface area contributed by atoms with Crippen molar-refractivity contribution in [3.63, 3.8) is 0 Å². The first-order valence-electron chi connectivity index (χ1n) is 11.2. The maximum Gasteiger partial charge on any atom is 0.163 e. The number of carbonyl (C=O) groups is 1. The fourth-order valence-electron chi connectivity index (χ4n) is 4.27. The minimum absolute atomic E-state index is 0.187. The molecule has 1 nitrogen and oxygen atoms in total.